The highest BCUT2D eigenvalue weighted by Crippen LogP contribution is 2.36. The third kappa shape index (κ3) is 1.95. The highest BCUT2D eigenvalue weighted by molar-refractivity contribution is 5.76. The van der Waals surface area contributed by atoms with Crippen molar-refractivity contribution in [1.29, 1.82) is 0 Å². The van der Waals surface area contributed by atoms with Crippen LogP contribution in [0.1, 0.15) is 13.3 Å². The van der Waals surface area contributed by atoms with Crippen LogP contribution in [0.4, 0.5) is 0 Å². The fraction of sp³-hybridized carbons (Fsp3) is 0.800. The zero-order valence-corrected chi connectivity index (χ0v) is 9.22. The van der Waals surface area contributed by atoms with Gasteiger partial charge in [-0.1, -0.05) is 0 Å². The van der Waals surface area contributed by atoms with Crippen molar-refractivity contribution < 1.29 is 30.0 Å². The van der Waals surface area contributed by atoms with Gasteiger partial charge < -0.3 is 25.2 Å². The fourth-order valence-corrected chi connectivity index (χ4v) is 2.28. The highest BCUT2D eigenvalue weighted by Gasteiger charge is 2.54. The Hall–Kier alpha value is -1.02. The van der Waals surface area contributed by atoms with Gasteiger partial charge in [0.1, 0.15) is 6.04 Å². The van der Waals surface area contributed by atoms with Crippen molar-refractivity contribution in [3.8, 4) is 0 Å². The Kier molecular flexibility index (Phi) is 2.94. The molecule has 0 aromatic rings. The summed E-state index contributed by atoms with van der Waals surface area (Å²) in [6, 6.07) is -0.630. The molecule has 0 spiro atoms. The number of carboxylic acids is 1. The largest absolute Gasteiger partial charge is 0.477 e. The summed E-state index contributed by atoms with van der Waals surface area (Å²) in [6.45, 7) is 1.52. The van der Waals surface area contributed by atoms with Gasteiger partial charge in [0.25, 0.3) is 5.79 Å². The van der Waals surface area contributed by atoms with Gasteiger partial charge in [-0.05, 0) is 6.92 Å². The first-order valence-corrected chi connectivity index (χ1v) is 5.38. The van der Waals surface area contributed by atoms with E-state index < -0.39 is 48.4 Å². The Balaban J connectivity index is 2.23. The van der Waals surface area contributed by atoms with E-state index in [0.717, 1.165) is 0 Å². The molecule has 6 atom stereocenters. The van der Waals surface area contributed by atoms with Crippen molar-refractivity contribution in [2.45, 2.75) is 43.5 Å². The normalized spacial score (nSPS) is 46.6. The van der Waals surface area contributed by atoms with Gasteiger partial charge >= 0.3 is 5.97 Å². The molecule has 7 nitrogen and oxygen atoms in total. The van der Waals surface area contributed by atoms with Crippen LogP contribution in [-0.2, 0) is 9.53 Å². The lowest BCUT2D eigenvalue weighted by molar-refractivity contribution is -0.278. The number of aliphatic carboxylic acids is 1. The van der Waals surface area contributed by atoms with Crippen LogP contribution in [0, 0.1) is 5.92 Å². The predicted octanol–water partition coefficient (Wildman–Crippen LogP) is -1.64. The van der Waals surface area contributed by atoms with Crippen molar-refractivity contribution in [3.63, 3.8) is 0 Å². The number of hydrogen-bond donors (Lipinski definition) is 4. The molecular formula is C10H15NO6. The van der Waals surface area contributed by atoms with E-state index in [0.29, 0.717) is 0 Å². The maximum Gasteiger partial charge on any atom is 0.364 e. The average molecular weight is 245 g/mol. The van der Waals surface area contributed by atoms with Gasteiger partial charge in [-0.15, -0.1) is 0 Å². The van der Waals surface area contributed by atoms with Crippen LogP contribution in [0.15, 0.2) is 4.99 Å². The van der Waals surface area contributed by atoms with Gasteiger partial charge in [-0.3, -0.25) is 4.99 Å². The monoisotopic (exact) mass is 245 g/mol. The van der Waals surface area contributed by atoms with E-state index >= 15 is 0 Å². The molecule has 0 aromatic heterocycles. The minimum atomic E-state index is -2.42. The number of aliphatic hydroxyl groups is 3. The number of aliphatic imine (C=N–C) groups is 1. The molecule has 4 unspecified atom stereocenters. The molecule has 0 saturated carbocycles. The lowest BCUT2D eigenvalue weighted by atomic mass is 9.87. The third-order valence-corrected chi connectivity index (χ3v) is 3.25. The summed E-state index contributed by atoms with van der Waals surface area (Å²) < 4.78 is 5.11. The second-order valence-electron chi connectivity index (χ2n) is 4.55. The lowest BCUT2D eigenvalue weighted by Gasteiger charge is -2.40. The third-order valence-electron chi connectivity index (χ3n) is 3.25. The first-order valence-electron chi connectivity index (χ1n) is 5.38. The Morgan fingerprint density at radius 3 is 2.82 bits per heavy atom. The molecule has 96 valence electrons. The van der Waals surface area contributed by atoms with Gasteiger partial charge in [0.05, 0.1) is 18.3 Å². The molecule has 7 heteroatoms. The zero-order chi connectivity index (χ0) is 12.8. The number of hydrogen-bond acceptors (Lipinski definition) is 6. The molecule has 0 amide bonds. The summed E-state index contributed by atoms with van der Waals surface area (Å²) in [5.74, 6) is -4.49. The summed E-state index contributed by atoms with van der Waals surface area (Å²) in [5.41, 5.74) is 0. The Labute approximate surface area is 97.4 Å². The van der Waals surface area contributed by atoms with Crippen LogP contribution >= 0.6 is 0 Å². The van der Waals surface area contributed by atoms with Crippen LogP contribution in [-0.4, -0.2) is 62.8 Å². The summed E-state index contributed by atoms with van der Waals surface area (Å²) in [6.07, 6.45) is -1.71. The highest BCUT2D eigenvalue weighted by atomic mass is 16.7. The molecule has 2 rings (SSSR count). The van der Waals surface area contributed by atoms with Crippen LogP contribution < -0.4 is 0 Å². The van der Waals surface area contributed by atoms with Crippen LogP contribution in [0.3, 0.4) is 0 Å². The van der Waals surface area contributed by atoms with Gasteiger partial charge in [-0.25, -0.2) is 4.79 Å². The molecule has 4 N–H and O–H groups in total. The van der Waals surface area contributed by atoms with E-state index in [1.807, 2.05) is 0 Å². The van der Waals surface area contributed by atoms with E-state index in [1.165, 1.54) is 13.1 Å². The van der Waals surface area contributed by atoms with Crippen LogP contribution in [0.25, 0.3) is 0 Å². The van der Waals surface area contributed by atoms with E-state index in [4.69, 9.17) is 9.84 Å². The number of rotatable bonds is 2. The van der Waals surface area contributed by atoms with E-state index in [1.54, 1.807) is 0 Å². The van der Waals surface area contributed by atoms with Crippen molar-refractivity contribution >= 4 is 12.2 Å². The Bertz CT molecular complexity index is 349. The second kappa shape index (κ2) is 4.02. The minimum absolute atomic E-state index is 0.437. The van der Waals surface area contributed by atoms with Crippen molar-refractivity contribution in [1.82, 2.24) is 0 Å². The van der Waals surface area contributed by atoms with Crippen molar-refractivity contribution in [3.05, 3.63) is 0 Å². The average Bonchev–Trinajstić information content (AvgIpc) is 2.60. The number of nitrogens with zero attached hydrogens (tertiary/aromatic N) is 1. The molecule has 1 fully saturated rings. The Morgan fingerprint density at radius 1 is 1.65 bits per heavy atom. The SMILES string of the molecule is C[C@@H](O)[C@H]1C=NC2C(O)CC(O)(C(=O)O)OC21. The minimum Gasteiger partial charge on any atom is -0.477 e. The van der Waals surface area contributed by atoms with Crippen molar-refractivity contribution in [2.24, 2.45) is 10.9 Å². The molecule has 2 aliphatic heterocycles. The topological polar surface area (TPSA) is 120 Å². The maximum absolute atomic E-state index is 10.9. The zero-order valence-electron chi connectivity index (χ0n) is 9.22. The molecule has 0 aliphatic carbocycles. The molecular weight excluding hydrogens is 230 g/mol. The molecule has 0 radical (unpaired) electrons. The number of carboxylic acid groups (broad SMARTS) is 1. The predicted molar refractivity (Wildman–Crippen MR) is 55.5 cm³/mol. The summed E-state index contributed by atoms with van der Waals surface area (Å²) in [5, 5.41) is 37.9. The second-order valence-corrected chi connectivity index (χ2v) is 4.55. The number of aliphatic hydroxyl groups excluding tert-OH is 2. The number of ether oxygens (including phenoxy) is 1. The summed E-state index contributed by atoms with van der Waals surface area (Å²) in [4.78, 5) is 14.9. The number of carbonyl (C=O) groups is 1. The quantitative estimate of drug-likeness (QED) is 0.463. The lowest BCUT2D eigenvalue weighted by Crippen LogP contribution is -2.58. The molecule has 2 aliphatic rings. The summed E-state index contributed by atoms with van der Waals surface area (Å²) in [7, 11) is 0. The summed E-state index contributed by atoms with van der Waals surface area (Å²) >= 11 is 0. The van der Waals surface area contributed by atoms with E-state index in [2.05, 4.69) is 4.99 Å². The van der Waals surface area contributed by atoms with E-state index in [9.17, 15) is 20.1 Å². The molecule has 0 bridgehead atoms. The van der Waals surface area contributed by atoms with Gasteiger partial charge in [0.15, 0.2) is 0 Å². The van der Waals surface area contributed by atoms with Crippen LogP contribution in [0.5, 0.6) is 0 Å². The molecule has 0 aromatic carbocycles. The van der Waals surface area contributed by atoms with Crippen LogP contribution in [0.2, 0.25) is 0 Å². The molecule has 1 saturated heterocycles. The van der Waals surface area contributed by atoms with Crippen molar-refractivity contribution in [2.75, 3.05) is 0 Å². The maximum atomic E-state index is 10.9. The smallest absolute Gasteiger partial charge is 0.364 e. The Morgan fingerprint density at radius 2 is 2.29 bits per heavy atom. The molecule has 2 heterocycles. The molecule has 17 heavy (non-hydrogen) atoms. The number of fused-ring (bicyclic) bond motifs is 1. The first kappa shape index (κ1) is 12.4. The van der Waals surface area contributed by atoms with E-state index in [-0.39, 0.29) is 0 Å². The fourth-order valence-electron chi connectivity index (χ4n) is 2.28. The van der Waals surface area contributed by atoms with Gasteiger partial charge in [0.2, 0.25) is 0 Å². The van der Waals surface area contributed by atoms with Gasteiger partial charge in [-0.2, -0.15) is 0 Å². The first-order chi connectivity index (χ1) is 7.85. The van der Waals surface area contributed by atoms with Gasteiger partial charge in [0, 0.05) is 18.6 Å². The standard InChI is InChI=1S/C10H15NO6/c1-4(12)5-3-11-7-6(13)2-10(16,9(14)15)17-8(5)7/h3-8,12-13,16H,2H2,1H3,(H,14,15)/t4-,5-,6?,7?,8?,10?/m1/s1.